The standard InChI is InChI=1S/C27H23FN4O6/c28-17-12-23-24(29-13-17)31(20-3-1-2-15(10-20)22-9-8-21(34)11-16(22)14-33)27(38)32(25(23)35)19-6-4-18(5-7-19)30-26(36)37/h1-3,8-14,18-19,30,34H,4-7H2,(H,36,37). The van der Waals surface area contributed by atoms with Crippen LogP contribution in [0.25, 0.3) is 27.8 Å². The molecule has 1 saturated carbocycles. The van der Waals surface area contributed by atoms with Crippen LogP contribution in [-0.4, -0.2) is 42.8 Å². The maximum absolute atomic E-state index is 14.2. The predicted octanol–water partition coefficient (Wildman–Crippen LogP) is 3.62. The maximum Gasteiger partial charge on any atom is 0.404 e. The van der Waals surface area contributed by atoms with Crippen LogP contribution in [0.15, 0.2) is 64.3 Å². The van der Waals surface area contributed by atoms with Gasteiger partial charge in [-0.2, -0.15) is 0 Å². The Morgan fingerprint density at radius 2 is 1.84 bits per heavy atom. The molecule has 0 saturated heterocycles. The number of fused-ring (bicyclic) bond motifs is 1. The van der Waals surface area contributed by atoms with Crippen molar-refractivity contribution < 1.29 is 24.2 Å². The lowest BCUT2D eigenvalue weighted by Gasteiger charge is -2.29. The highest BCUT2D eigenvalue weighted by atomic mass is 19.1. The second-order valence-corrected chi connectivity index (χ2v) is 9.21. The summed E-state index contributed by atoms with van der Waals surface area (Å²) in [5, 5.41) is 21.1. The van der Waals surface area contributed by atoms with Crippen LogP contribution in [0.4, 0.5) is 9.18 Å². The fourth-order valence-electron chi connectivity index (χ4n) is 5.11. The zero-order chi connectivity index (χ0) is 27.0. The van der Waals surface area contributed by atoms with Crippen molar-refractivity contribution in [3.8, 4) is 22.6 Å². The van der Waals surface area contributed by atoms with Crippen LogP contribution in [0.1, 0.15) is 42.1 Å². The normalized spacial score (nSPS) is 17.3. The summed E-state index contributed by atoms with van der Waals surface area (Å²) in [6.45, 7) is 0. The lowest BCUT2D eigenvalue weighted by Crippen LogP contribution is -2.45. The first-order valence-electron chi connectivity index (χ1n) is 12.0. The first kappa shape index (κ1) is 24.9. The quantitative estimate of drug-likeness (QED) is 0.342. The molecule has 2 heterocycles. The van der Waals surface area contributed by atoms with Crippen LogP contribution in [0.2, 0.25) is 0 Å². The van der Waals surface area contributed by atoms with E-state index in [1.54, 1.807) is 30.3 Å². The van der Waals surface area contributed by atoms with E-state index in [1.807, 2.05) is 0 Å². The summed E-state index contributed by atoms with van der Waals surface area (Å²) in [4.78, 5) is 54.0. The fraction of sp³-hybridized carbons (Fsp3) is 0.222. The van der Waals surface area contributed by atoms with Crippen LogP contribution >= 0.6 is 0 Å². The van der Waals surface area contributed by atoms with Crippen LogP contribution < -0.4 is 16.6 Å². The van der Waals surface area contributed by atoms with Gasteiger partial charge in [-0.15, -0.1) is 0 Å². The SMILES string of the molecule is O=Cc1cc(O)ccc1-c1cccc(-n2c(=O)n(C3CCC(NC(=O)O)CC3)c(=O)c3cc(F)cnc32)c1. The van der Waals surface area contributed by atoms with Gasteiger partial charge in [-0.1, -0.05) is 12.1 Å². The number of aromatic nitrogens is 3. The minimum atomic E-state index is -1.13. The summed E-state index contributed by atoms with van der Waals surface area (Å²) in [6.07, 6.45) is 2.05. The molecule has 0 radical (unpaired) electrons. The number of phenols is 1. The first-order valence-corrected chi connectivity index (χ1v) is 12.0. The number of aldehydes is 1. The number of benzene rings is 2. The number of carbonyl (C=O) groups is 2. The molecule has 1 amide bonds. The Hall–Kier alpha value is -4.80. The third-order valence-electron chi connectivity index (χ3n) is 6.86. The molecule has 194 valence electrons. The smallest absolute Gasteiger partial charge is 0.404 e. The molecule has 3 N–H and O–H groups in total. The number of amides is 1. The molecule has 0 aliphatic heterocycles. The van der Waals surface area contributed by atoms with Gasteiger partial charge < -0.3 is 15.5 Å². The van der Waals surface area contributed by atoms with Crippen LogP contribution in [0.3, 0.4) is 0 Å². The number of rotatable bonds is 5. The van der Waals surface area contributed by atoms with E-state index in [4.69, 9.17) is 5.11 Å². The summed E-state index contributed by atoms with van der Waals surface area (Å²) in [7, 11) is 0. The number of nitrogens with zero attached hydrogens (tertiary/aromatic N) is 3. The molecule has 0 bridgehead atoms. The van der Waals surface area contributed by atoms with Gasteiger partial charge >= 0.3 is 11.8 Å². The van der Waals surface area contributed by atoms with E-state index < -0.39 is 29.2 Å². The van der Waals surface area contributed by atoms with Crippen molar-refractivity contribution in [2.45, 2.75) is 37.8 Å². The van der Waals surface area contributed by atoms with Gasteiger partial charge in [-0.05, 0) is 73.2 Å². The molecule has 11 heteroatoms. The van der Waals surface area contributed by atoms with E-state index in [2.05, 4.69) is 10.3 Å². The number of aromatic hydroxyl groups is 1. The Bertz CT molecular complexity index is 1690. The van der Waals surface area contributed by atoms with Crippen molar-refractivity contribution in [3.05, 3.63) is 86.9 Å². The second-order valence-electron chi connectivity index (χ2n) is 9.21. The highest BCUT2D eigenvalue weighted by Gasteiger charge is 2.28. The van der Waals surface area contributed by atoms with Crippen LogP contribution in [0, 0.1) is 5.82 Å². The summed E-state index contributed by atoms with van der Waals surface area (Å²) in [5.74, 6) is -0.796. The molecular weight excluding hydrogens is 495 g/mol. The van der Waals surface area contributed by atoms with E-state index in [9.17, 15) is 28.7 Å². The number of carbonyl (C=O) groups excluding carboxylic acids is 1. The number of carboxylic acid groups (broad SMARTS) is 1. The van der Waals surface area contributed by atoms with E-state index in [0.29, 0.717) is 48.8 Å². The Kier molecular flexibility index (Phi) is 6.50. The molecule has 4 aromatic rings. The van der Waals surface area contributed by atoms with Crippen molar-refractivity contribution in [1.82, 2.24) is 19.4 Å². The van der Waals surface area contributed by atoms with Gasteiger partial charge in [-0.3, -0.25) is 14.2 Å². The maximum atomic E-state index is 14.2. The summed E-state index contributed by atoms with van der Waals surface area (Å²) in [5.41, 5.74) is 0.346. The topological polar surface area (TPSA) is 144 Å². The number of phenolic OH excluding ortho intramolecular Hbond substituents is 1. The lowest BCUT2D eigenvalue weighted by molar-refractivity contribution is 0.112. The summed E-state index contributed by atoms with van der Waals surface area (Å²) in [6, 6.07) is 11.3. The molecule has 1 aliphatic carbocycles. The Morgan fingerprint density at radius 1 is 1.08 bits per heavy atom. The van der Waals surface area contributed by atoms with Gasteiger partial charge in [0.05, 0.1) is 17.3 Å². The lowest BCUT2D eigenvalue weighted by atomic mass is 9.91. The minimum absolute atomic E-state index is 0.0163. The van der Waals surface area contributed by atoms with Gasteiger partial charge in [0.2, 0.25) is 0 Å². The van der Waals surface area contributed by atoms with Crippen molar-refractivity contribution in [2.75, 3.05) is 0 Å². The molecule has 10 nitrogen and oxygen atoms in total. The Balaban J connectivity index is 1.67. The van der Waals surface area contributed by atoms with Gasteiger partial charge in [0.25, 0.3) is 5.56 Å². The first-order chi connectivity index (χ1) is 18.3. The summed E-state index contributed by atoms with van der Waals surface area (Å²) < 4.78 is 16.5. The average Bonchev–Trinajstić information content (AvgIpc) is 2.90. The van der Waals surface area contributed by atoms with Gasteiger partial charge in [0.15, 0.2) is 11.9 Å². The fourth-order valence-corrected chi connectivity index (χ4v) is 5.11. The molecule has 0 atom stereocenters. The third kappa shape index (κ3) is 4.54. The Morgan fingerprint density at radius 3 is 2.55 bits per heavy atom. The molecule has 5 rings (SSSR count). The molecule has 0 unspecified atom stereocenters. The summed E-state index contributed by atoms with van der Waals surface area (Å²) >= 11 is 0. The van der Waals surface area contributed by atoms with Crippen molar-refractivity contribution in [1.29, 1.82) is 0 Å². The predicted molar refractivity (Wildman–Crippen MR) is 136 cm³/mol. The monoisotopic (exact) mass is 518 g/mol. The van der Waals surface area contributed by atoms with Crippen LogP contribution in [0.5, 0.6) is 5.75 Å². The Labute approximate surface area is 214 Å². The number of hydrogen-bond acceptors (Lipinski definition) is 6. The zero-order valence-corrected chi connectivity index (χ0v) is 20.0. The number of pyridine rings is 1. The van der Waals surface area contributed by atoms with Gasteiger partial charge in [0, 0.05) is 17.6 Å². The molecule has 2 aromatic heterocycles. The van der Waals surface area contributed by atoms with Crippen LogP contribution in [-0.2, 0) is 0 Å². The average molecular weight is 519 g/mol. The zero-order valence-electron chi connectivity index (χ0n) is 20.0. The van der Waals surface area contributed by atoms with Gasteiger partial charge in [0.1, 0.15) is 11.6 Å². The molecule has 38 heavy (non-hydrogen) atoms. The minimum Gasteiger partial charge on any atom is -0.508 e. The van der Waals surface area contributed by atoms with Crippen molar-refractivity contribution in [3.63, 3.8) is 0 Å². The number of hydrogen-bond donors (Lipinski definition) is 3. The van der Waals surface area contributed by atoms with E-state index in [0.717, 1.165) is 16.8 Å². The van der Waals surface area contributed by atoms with Gasteiger partial charge in [-0.25, -0.2) is 23.5 Å². The van der Waals surface area contributed by atoms with E-state index in [-0.39, 0.29) is 28.4 Å². The molecule has 1 fully saturated rings. The number of nitrogens with one attached hydrogen (secondary N) is 1. The van der Waals surface area contributed by atoms with Crippen molar-refractivity contribution >= 4 is 23.4 Å². The molecular formula is C27H23FN4O6. The van der Waals surface area contributed by atoms with E-state index in [1.165, 1.54) is 16.7 Å². The highest BCUT2D eigenvalue weighted by Crippen LogP contribution is 2.29. The third-order valence-corrected chi connectivity index (χ3v) is 6.86. The molecule has 0 spiro atoms. The second kappa shape index (κ2) is 9.92. The molecule has 2 aromatic carbocycles. The van der Waals surface area contributed by atoms with E-state index >= 15 is 0 Å². The highest BCUT2D eigenvalue weighted by molar-refractivity contribution is 5.88. The van der Waals surface area contributed by atoms with Crippen molar-refractivity contribution in [2.24, 2.45) is 0 Å². The number of halogens is 1. The largest absolute Gasteiger partial charge is 0.508 e. The molecule has 1 aliphatic rings.